The predicted octanol–water partition coefficient (Wildman–Crippen LogP) is 5.47. The van der Waals surface area contributed by atoms with Crippen molar-refractivity contribution in [2.24, 2.45) is 5.16 Å². The second-order valence-electron chi connectivity index (χ2n) is 6.69. The first-order valence-electron chi connectivity index (χ1n) is 9.55. The molecule has 0 saturated carbocycles. The lowest BCUT2D eigenvalue weighted by atomic mass is 10.1. The molecule has 0 bridgehead atoms. The summed E-state index contributed by atoms with van der Waals surface area (Å²) >= 11 is 0. The average Bonchev–Trinajstić information content (AvgIpc) is 3.09. The molecular weight excluding hydrogens is 352 g/mol. The fourth-order valence-corrected chi connectivity index (χ4v) is 2.91. The first kappa shape index (κ1) is 19.7. The normalized spacial score (nSPS) is 11.1. The van der Waals surface area contributed by atoms with Crippen molar-refractivity contribution < 1.29 is 14.1 Å². The molecule has 0 unspecified atom stereocenters. The molecule has 0 N–H and O–H groups in total. The molecule has 0 radical (unpaired) electrons. The van der Waals surface area contributed by atoms with Crippen LogP contribution in [0.1, 0.15) is 41.8 Å². The van der Waals surface area contributed by atoms with E-state index in [0.29, 0.717) is 18.1 Å². The number of oxime groups is 1. The van der Waals surface area contributed by atoms with E-state index in [1.807, 2.05) is 44.2 Å². The Morgan fingerprint density at radius 2 is 1.82 bits per heavy atom. The van der Waals surface area contributed by atoms with Crippen molar-refractivity contribution in [2.45, 2.75) is 40.7 Å². The van der Waals surface area contributed by atoms with Crippen molar-refractivity contribution in [3.05, 3.63) is 70.4 Å². The van der Waals surface area contributed by atoms with Crippen LogP contribution in [-0.2, 0) is 17.9 Å². The molecule has 0 aliphatic heterocycles. The van der Waals surface area contributed by atoms with Gasteiger partial charge in [-0.3, -0.25) is 0 Å². The molecule has 1 heterocycles. The summed E-state index contributed by atoms with van der Waals surface area (Å²) in [5.74, 6) is 1.48. The van der Waals surface area contributed by atoms with Gasteiger partial charge < -0.3 is 14.1 Å². The highest BCUT2D eigenvalue weighted by Gasteiger charge is 2.17. The molecule has 28 heavy (non-hydrogen) atoms. The molecule has 3 aromatic rings. The highest BCUT2D eigenvalue weighted by Crippen LogP contribution is 2.27. The van der Waals surface area contributed by atoms with Crippen LogP contribution in [-0.4, -0.2) is 18.0 Å². The molecule has 5 heteroatoms. The van der Waals surface area contributed by atoms with Gasteiger partial charge in [0.25, 0.3) is 0 Å². The van der Waals surface area contributed by atoms with Crippen molar-refractivity contribution in [2.75, 3.05) is 6.61 Å². The fraction of sp³-hybridized carbons (Fsp3) is 0.304. The van der Waals surface area contributed by atoms with Crippen LogP contribution in [0.25, 0.3) is 11.3 Å². The quantitative estimate of drug-likeness (QED) is 0.385. The van der Waals surface area contributed by atoms with Crippen LogP contribution in [0.5, 0.6) is 5.75 Å². The Labute approximate surface area is 166 Å². The van der Waals surface area contributed by atoms with E-state index in [-0.39, 0.29) is 6.61 Å². The van der Waals surface area contributed by atoms with Crippen molar-refractivity contribution >= 4 is 6.21 Å². The van der Waals surface area contributed by atoms with Gasteiger partial charge in [0.15, 0.2) is 5.76 Å². The van der Waals surface area contributed by atoms with Gasteiger partial charge in [-0.1, -0.05) is 53.1 Å². The van der Waals surface area contributed by atoms with E-state index in [9.17, 15) is 0 Å². The first-order chi connectivity index (χ1) is 13.6. The second kappa shape index (κ2) is 9.22. The Bertz CT molecular complexity index is 943. The summed E-state index contributed by atoms with van der Waals surface area (Å²) in [5, 5.41) is 8.24. The summed E-state index contributed by atoms with van der Waals surface area (Å²) < 4.78 is 11.6. The van der Waals surface area contributed by atoms with Gasteiger partial charge in [0.2, 0.25) is 0 Å². The molecule has 5 nitrogen and oxygen atoms in total. The molecule has 0 aliphatic rings. The van der Waals surface area contributed by atoms with Gasteiger partial charge in [-0.2, -0.15) is 0 Å². The van der Waals surface area contributed by atoms with Gasteiger partial charge in [-0.25, -0.2) is 0 Å². The number of rotatable bonds is 8. The van der Waals surface area contributed by atoms with Crippen LogP contribution in [0.4, 0.5) is 0 Å². The van der Waals surface area contributed by atoms with Crippen molar-refractivity contribution in [3.63, 3.8) is 0 Å². The van der Waals surface area contributed by atoms with Gasteiger partial charge >= 0.3 is 0 Å². The summed E-state index contributed by atoms with van der Waals surface area (Å²) in [6.07, 6.45) is 2.60. The van der Waals surface area contributed by atoms with E-state index < -0.39 is 0 Å². The van der Waals surface area contributed by atoms with E-state index in [2.05, 4.69) is 36.3 Å². The first-order valence-corrected chi connectivity index (χ1v) is 9.55. The van der Waals surface area contributed by atoms with E-state index >= 15 is 0 Å². The summed E-state index contributed by atoms with van der Waals surface area (Å²) in [5.41, 5.74) is 5.98. The van der Waals surface area contributed by atoms with Crippen molar-refractivity contribution in [1.82, 2.24) is 5.16 Å². The van der Waals surface area contributed by atoms with Crippen molar-refractivity contribution in [1.29, 1.82) is 0 Å². The predicted molar refractivity (Wildman–Crippen MR) is 111 cm³/mol. The maximum absolute atomic E-state index is 6.01. The third kappa shape index (κ3) is 4.80. The Morgan fingerprint density at radius 1 is 1.04 bits per heavy atom. The van der Waals surface area contributed by atoms with Crippen LogP contribution < -0.4 is 4.74 Å². The van der Waals surface area contributed by atoms with Gasteiger partial charge in [0.05, 0.1) is 11.8 Å². The zero-order valence-electron chi connectivity index (χ0n) is 16.9. The third-order valence-electron chi connectivity index (χ3n) is 4.40. The minimum Gasteiger partial charge on any atom is -0.487 e. The van der Waals surface area contributed by atoms with E-state index in [0.717, 1.165) is 23.3 Å². The van der Waals surface area contributed by atoms with Gasteiger partial charge in [-0.05, 0) is 50.5 Å². The monoisotopic (exact) mass is 378 g/mol. The Hall–Kier alpha value is -3.08. The van der Waals surface area contributed by atoms with Gasteiger partial charge in [-0.15, -0.1) is 0 Å². The molecule has 0 saturated heterocycles. The van der Waals surface area contributed by atoms with Crippen LogP contribution in [0.2, 0.25) is 0 Å². The Balaban J connectivity index is 1.87. The molecular formula is C23H26N2O3. The zero-order valence-corrected chi connectivity index (χ0v) is 16.9. The van der Waals surface area contributed by atoms with Crippen LogP contribution in [0.3, 0.4) is 0 Å². The topological polar surface area (TPSA) is 56.9 Å². The molecule has 0 aliphatic carbocycles. The van der Waals surface area contributed by atoms with Crippen LogP contribution >= 0.6 is 0 Å². The zero-order chi connectivity index (χ0) is 19.9. The third-order valence-corrected chi connectivity index (χ3v) is 4.40. The van der Waals surface area contributed by atoms with E-state index in [1.165, 1.54) is 16.7 Å². The maximum Gasteiger partial charge on any atom is 0.176 e. The standard InChI is InChI=1S/C23H26N2O3/c1-5-18-11-17(4)12-20(13-18)26-15-22-21(14-24-27-6-2)23(28-25-22)19-9-7-16(3)8-10-19/h7-14H,5-6,15H2,1-4H3/b24-14+. The Morgan fingerprint density at radius 3 is 2.54 bits per heavy atom. The van der Waals surface area contributed by atoms with Gasteiger partial charge in [0.1, 0.15) is 24.7 Å². The molecule has 0 fully saturated rings. The number of hydrogen-bond acceptors (Lipinski definition) is 5. The van der Waals surface area contributed by atoms with Crippen LogP contribution in [0, 0.1) is 13.8 Å². The SMILES string of the molecule is CCO/N=C/c1c(COc2cc(C)cc(CC)c2)noc1-c1ccc(C)cc1. The van der Waals surface area contributed by atoms with Crippen LogP contribution in [0.15, 0.2) is 52.1 Å². The molecule has 0 amide bonds. The summed E-state index contributed by atoms with van der Waals surface area (Å²) in [6, 6.07) is 14.3. The number of nitrogens with zero attached hydrogens (tertiary/aromatic N) is 2. The number of aromatic nitrogens is 1. The molecule has 1 aromatic heterocycles. The maximum atomic E-state index is 6.01. The summed E-state index contributed by atoms with van der Waals surface area (Å²) in [4.78, 5) is 5.14. The number of ether oxygens (including phenoxy) is 1. The van der Waals surface area contributed by atoms with E-state index in [4.69, 9.17) is 14.1 Å². The molecule has 2 aromatic carbocycles. The largest absolute Gasteiger partial charge is 0.487 e. The minimum atomic E-state index is 0.287. The van der Waals surface area contributed by atoms with Gasteiger partial charge in [0, 0.05) is 5.56 Å². The highest BCUT2D eigenvalue weighted by atomic mass is 16.6. The molecule has 0 spiro atoms. The molecule has 3 rings (SSSR count). The fourth-order valence-electron chi connectivity index (χ4n) is 2.91. The summed E-state index contributed by atoms with van der Waals surface area (Å²) in [6.45, 7) is 8.92. The minimum absolute atomic E-state index is 0.287. The highest BCUT2D eigenvalue weighted by molar-refractivity contribution is 5.89. The summed E-state index contributed by atoms with van der Waals surface area (Å²) in [7, 11) is 0. The molecule has 0 atom stereocenters. The van der Waals surface area contributed by atoms with Crippen molar-refractivity contribution in [3.8, 4) is 17.1 Å². The lowest BCUT2D eigenvalue weighted by Crippen LogP contribution is -2.01. The Kier molecular flexibility index (Phi) is 6.48. The lowest BCUT2D eigenvalue weighted by Gasteiger charge is -2.08. The second-order valence-corrected chi connectivity index (χ2v) is 6.69. The smallest absolute Gasteiger partial charge is 0.176 e. The average molecular weight is 378 g/mol. The number of aryl methyl sites for hydroxylation is 3. The number of hydrogen-bond donors (Lipinski definition) is 0. The van der Waals surface area contributed by atoms with E-state index in [1.54, 1.807) is 6.21 Å². The molecule has 146 valence electrons. The number of benzene rings is 2. The lowest BCUT2D eigenvalue weighted by molar-refractivity contribution is 0.160.